The van der Waals surface area contributed by atoms with Gasteiger partial charge in [0.05, 0.1) is 14.2 Å². The van der Waals surface area contributed by atoms with E-state index in [2.05, 4.69) is 51.2 Å². The van der Waals surface area contributed by atoms with Gasteiger partial charge in [0.15, 0.2) is 0 Å². The second-order valence-corrected chi connectivity index (χ2v) is 9.30. The number of benzene rings is 2. The number of carbonyl (C=O) groups is 1. The van der Waals surface area contributed by atoms with Crippen LogP contribution in [0.3, 0.4) is 0 Å². The van der Waals surface area contributed by atoms with Crippen molar-refractivity contribution in [3.8, 4) is 11.5 Å². The van der Waals surface area contributed by atoms with E-state index in [1.807, 2.05) is 23.1 Å². The lowest BCUT2D eigenvalue weighted by atomic mass is 9.93. The number of nitrogens with one attached hydrogen (secondary N) is 1. The maximum absolute atomic E-state index is 13.4. The number of nitrogens with zero attached hydrogens (tertiary/aromatic N) is 1. The highest BCUT2D eigenvalue weighted by molar-refractivity contribution is 7.99. The molecule has 1 N–H and O–H groups in total. The van der Waals surface area contributed by atoms with Crippen molar-refractivity contribution in [2.45, 2.75) is 44.9 Å². The van der Waals surface area contributed by atoms with Gasteiger partial charge in [0.25, 0.3) is 0 Å². The fourth-order valence-electron chi connectivity index (χ4n) is 3.80. The zero-order valence-corrected chi connectivity index (χ0v) is 19.5. The second-order valence-electron chi connectivity index (χ2n) is 8.11. The van der Waals surface area contributed by atoms with E-state index in [4.69, 9.17) is 9.47 Å². The number of thioether (sulfide) groups is 1. The van der Waals surface area contributed by atoms with Crippen molar-refractivity contribution >= 4 is 23.5 Å². The molecule has 6 heteroatoms. The van der Waals surface area contributed by atoms with Crippen LogP contribution >= 0.6 is 11.8 Å². The molecule has 2 aromatic rings. The van der Waals surface area contributed by atoms with E-state index in [9.17, 15) is 4.79 Å². The lowest BCUT2D eigenvalue weighted by molar-refractivity contribution is 0.214. The molecule has 0 aromatic heterocycles. The van der Waals surface area contributed by atoms with E-state index in [1.165, 1.54) is 11.1 Å². The Bertz CT molecular complexity index is 850. The first-order chi connectivity index (χ1) is 14.3. The van der Waals surface area contributed by atoms with Crippen LogP contribution in [0, 0.1) is 0 Å². The molecule has 162 valence electrons. The van der Waals surface area contributed by atoms with Gasteiger partial charge >= 0.3 is 6.03 Å². The lowest BCUT2D eigenvalue weighted by Gasteiger charge is -2.27. The van der Waals surface area contributed by atoms with Gasteiger partial charge in [0.1, 0.15) is 16.9 Å². The fraction of sp³-hybridized carbons (Fsp3) is 0.458. The molecule has 0 spiro atoms. The number of hydrogen-bond donors (Lipinski definition) is 1. The number of anilines is 1. The highest BCUT2D eigenvalue weighted by Crippen LogP contribution is 2.41. The van der Waals surface area contributed by atoms with Crippen LogP contribution in [0.25, 0.3) is 0 Å². The third kappa shape index (κ3) is 4.69. The molecule has 2 amide bonds. The van der Waals surface area contributed by atoms with Gasteiger partial charge in [-0.1, -0.05) is 45.9 Å². The van der Waals surface area contributed by atoms with Crippen LogP contribution in [0.2, 0.25) is 0 Å². The highest BCUT2D eigenvalue weighted by Gasteiger charge is 2.32. The molecule has 1 atom stereocenters. The molecule has 0 aliphatic carbocycles. The highest BCUT2D eigenvalue weighted by atomic mass is 32.2. The molecule has 1 aliphatic rings. The molecule has 30 heavy (non-hydrogen) atoms. The zero-order chi connectivity index (χ0) is 21.8. The number of urea groups is 1. The third-order valence-electron chi connectivity index (χ3n) is 5.42. The number of carbonyl (C=O) groups excluding carboxylic acids is 1. The minimum Gasteiger partial charge on any atom is -0.497 e. The Morgan fingerprint density at radius 1 is 1.03 bits per heavy atom. The van der Waals surface area contributed by atoms with Crippen molar-refractivity contribution in [3.63, 3.8) is 0 Å². The predicted octanol–water partition coefficient (Wildman–Crippen LogP) is 6.23. The Hall–Kier alpha value is -2.34. The molecule has 1 unspecified atom stereocenters. The number of amides is 2. The maximum Gasteiger partial charge on any atom is 0.323 e. The van der Waals surface area contributed by atoms with Gasteiger partial charge in [-0.05, 0) is 40.7 Å². The normalized spacial score (nSPS) is 16.3. The van der Waals surface area contributed by atoms with E-state index in [0.717, 1.165) is 28.5 Å². The molecule has 3 rings (SSSR count). The summed E-state index contributed by atoms with van der Waals surface area (Å²) in [7, 11) is 3.28. The Kier molecular flexibility index (Phi) is 7.19. The summed E-state index contributed by atoms with van der Waals surface area (Å²) in [5.74, 6) is 2.99. The summed E-state index contributed by atoms with van der Waals surface area (Å²) in [6, 6.07) is 12.0. The van der Waals surface area contributed by atoms with Gasteiger partial charge in [0.2, 0.25) is 0 Å². The Labute approximate surface area is 184 Å². The van der Waals surface area contributed by atoms with Crippen LogP contribution in [0.4, 0.5) is 10.5 Å². The van der Waals surface area contributed by atoms with Crippen molar-refractivity contribution in [1.29, 1.82) is 0 Å². The van der Waals surface area contributed by atoms with Crippen LogP contribution in [0.1, 0.15) is 61.6 Å². The standard InChI is InChI=1S/C24H32N2O3S/c1-15(2)20-8-7-9-21(16(3)4)22(20)25-24(27)26-10-11-30-23(26)17-12-18(28-5)14-19(13-17)29-6/h7-9,12-16,23H,10-11H2,1-6H3,(H,25,27). The summed E-state index contributed by atoms with van der Waals surface area (Å²) in [6.45, 7) is 9.33. The van der Waals surface area contributed by atoms with Gasteiger partial charge in [-0.2, -0.15) is 0 Å². The summed E-state index contributed by atoms with van der Waals surface area (Å²) in [4.78, 5) is 15.3. The van der Waals surface area contributed by atoms with Gasteiger partial charge in [0, 0.05) is 24.1 Å². The SMILES string of the molecule is COc1cc(OC)cc(C2SCCN2C(=O)Nc2c(C(C)C)cccc2C(C)C)c1. The predicted molar refractivity (Wildman–Crippen MR) is 125 cm³/mol. The molecule has 0 saturated carbocycles. The maximum atomic E-state index is 13.4. The monoisotopic (exact) mass is 428 g/mol. The summed E-state index contributed by atoms with van der Waals surface area (Å²) in [5, 5.41) is 3.17. The Balaban J connectivity index is 1.91. The molecule has 5 nitrogen and oxygen atoms in total. The number of methoxy groups -OCH3 is 2. The van der Waals surface area contributed by atoms with Crippen molar-refractivity contribution < 1.29 is 14.3 Å². The third-order valence-corrected chi connectivity index (χ3v) is 6.68. The summed E-state index contributed by atoms with van der Waals surface area (Å²) in [5.41, 5.74) is 4.29. The summed E-state index contributed by atoms with van der Waals surface area (Å²) < 4.78 is 10.8. The number of ether oxygens (including phenoxy) is 2. The number of para-hydroxylation sites is 1. The van der Waals surface area contributed by atoms with E-state index >= 15 is 0 Å². The van der Waals surface area contributed by atoms with Crippen LogP contribution in [-0.2, 0) is 0 Å². The van der Waals surface area contributed by atoms with E-state index < -0.39 is 0 Å². The molecule has 1 heterocycles. The van der Waals surface area contributed by atoms with Gasteiger partial charge in [-0.25, -0.2) is 4.79 Å². The first-order valence-corrected chi connectivity index (χ1v) is 11.5. The topological polar surface area (TPSA) is 50.8 Å². The average molecular weight is 429 g/mol. The zero-order valence-electron chi connectivity index (χ0n) is 18.7. The fourth-order valence-corrected chi connectivity index (χ4v) is 5.04. The number of rotatable bonds is 6. The van der Waals surface area contributed by atoms with E-state index in [-0.39, 0.29) is 11.4 Å². The van der Waals surface area contributed by atoms with Crippen molar-refractivity contribution in [2.75, 3.05) is 31.8 Å². The second kappa shape index (κ2) is 9.65. The smallest absolute Gasteiger partial charge is 0.323 e. The lowest BCUT2D eigenvalue weighted by Crippen LogP contribution is -2.35. The molecule has 0 radical (unpaired) electrons. The van der Waals surface area contributed by atoms with Crippen LogP contribution in [0.15, 0.2) is 36.4 Å². The van der Waals surface area contributed by atoms with E-state index in [1.54, 1.807) is 26.0 Å². The van der Waals surface area contributed by atoms with Crippen LogP contribution in [-0.4, -0.2) is 37.4 Å². The quantitative estimate of drug-likeness (QED) is 0.592. The average Bonchev–Trinajstić information content (AvgIpc) is 3.23. The molecule has 1 saturated heterocycles. The molecule has 2 aromatic carbocycles. The minimum absolute atomic E-state index is 0.0678. The summed E-state index contributed by atoms with van der Waals surface area (Å²) >= 11 is 1.76. The largest absolute Gasteiger partial charge is 0.497 e. The summed E-state index contributed by atoms with van der Waals surface area (Å²) in [6.07, 6.45) is 0. The van der Waals surface area contributed by atoms with Crippen molar-refractivity contribution in [2.24, 2.45) is 0 Å². The molecular weight excluding hydrogens is 396 g/mol. The first kappa shape index (κ1) is 22.3. The van der Waals surface area contributed by atoms with Crippen LogP contribution in [0.5, 0.6) is 11.5 Å². The number of hydrogen-bond acceptors (Lipinski definition) is 4. The Morgan fingerprint density at radius 2 is 1.60 bits per heavy atom. The first-order valence-electron chi connectivity index (χ1n) is 10.4. The van der Waals surface area contributed by atoms with Crippen molar-refractivity contribution in [1.82, 2.24) is 4.90 Å². The van der Waals surface area contributed by atoms with Gasteiger partial charge < -0.3 is 19.7 Å². The molecule has 0 bridgehead atoms. The Morgan fingerprint density at radius 3 is 2.10 bits per heavy atom. The molecule has 1 aliphatic heterocycles. The van der Waals surface area contributed by atoms with Crippen LogP contribution < -0.4 is 14.8 Å². The van der Waals surface area contributed by atoms with Crippen molar-refractivity contribution in [3.05, 3.63) is 53.1 Å². The minimum atomic E-state index is -0.0808. The molecular formula is C24H32N2O3S. The molecule has 1 fully saturated rings. The van der Waals surface area contributed by atoms with Gasteiger partial charge in [-0.15, -0.1) is 11.8 Å². The van der Waals surface area contributed by atoms with Gasteiger partial charge in [-0.3, -0.25) is 0 Å². The van der Waals surface area contributed by atoms with E-state index in [0.29, 0.717) is 18.4 Å².